The van der Waals surface area contributed by atoms with Crippen molar-refractivity contribution in [1.82, 2.24) is 0 Å². The average Bonchev–Trinajstić information content (AvgIpc) is 2.70. The Labute approximate surface area is 94.9 Å². The summed E-state index contributed by atoms with van der Waals surface area (Å²) in [7, 11) is 1.86. The van der Waals surface area contributed by atoms with Crippen LogP contribution in [0.1, 0.15) is 45.4 Å². The van der Waals surface area contributed by atoms with E-state index in [2.05, 4.69) is 6.92 Å². The number of ether oxygens (including phenoxy) is 1. The highest BCUT2D eigenvalue weighted by Gasteiger charge is 2.45. The lowest BCUT2D eigenvalue weighted by Gasteiger charge is -2.33. The van der Waals surface area contributed by atoms with Crippen LogP contribution >= 0.6 is 0 Å². The third-order valence-electron chi connectivity index (χ3n) is 3.20. The molecule has 1 aliphatic carbocycles. The summed E-state index contributed by atoms with van der Waals surface area (Å²) < 4.78 is 17.1. The van der Waals surface area contributed by atoms with E-state index >= 15 is 0 Å². The van der Waals surface area contributed by atoms with Gasteiger partial charge in [-0.25, -0.2) is 0 Å². The van der Waals surface area contributed by atoms with Crippen LogP contribution in [-0.4, -0.2) is 35.3 Å². The van der Waals surface area contributed by atoms with Crippen LogP contribution in [0.3, 0.4) is 0 Å². The molecule has 0 amide bonds. The Bertz CT molecular complexity index is 165. The van der Waals surface area contributed by atoms with Crippen molar-refractivity contribution in [2.75, 3.05) is 20.8 Å². The van der Waals surface area contributed by atoms with Crippen molar-refractivity contribution in [1.29, 1.82) is 0 Å². The summed E-state index contributed by atoms with van der Waals surface area (Å²) in [6.45, 7) is 3.04. The van der Waals surface area contributed by atoms with Crippen molar-refractivity contribution >= 4 is 9.28 Å². The van der Waals surface area contributed by atoms with E-state index in [1.54, 1.807) is 14.2 Å². The van der Waals surface area contributed by atoms with Gasteiger partial charge in [-0.05, 0) is 19.3 Å². The molecule has 90 valence electrons. The van der Waals surface area contributed by atoms with Crippen LogP contribution in [0.4, 0.5) is 0 Å². The van der Waals surface area contributed by atoms with E-state index in [1.165, 1.54) is 19.3 Å². The molecule has 1 rings (SSSR count). The van der Waals surface area contributed by atoms with E-state index in [1.807, 2.05) is 0 Å². The third-order valence-corrected chi connectivity index (χ3v) is 5.65. The monoisotopic (exact) mass is 232 g/mol. The minimum Gasteiger partial charge on any atom is -0.398 e. The van der Waals surface area contributed by atoms with Crippen molar-refractivity contribution in [2.24, 2.45) is 0 Å². The van der Waals surface area contributed by atoms with Gasteiger partial charge in [-0.1, -0.05) is 26.2 Å². The number of rotatable bonds is 7. The summed E-state index contributed by atoms with van der Waals surface area (Å²) in [6.07, 6.45) is 7.06. The minimum atomic E-state index is -1.65. The summed E-state index contributed by atoms with van der Waals surface area (Å²) in [6, 6.07) is 0. The molecule has 0 spiro atoms. The van der Waals surface area contributed by atoms with Crippen LogP contribution in [0.5, 0.6) is 0 Å². The fourth-order valence-electron chi connectivity index (χ4n) is 2.37. The van der Waals surface area contributed by atoms with Crippen molar-refractivity contribution in [3.8, 4) is 0 Å². The lowest BCUT2D eigenvalue weighted by atomic mass is 10.3. The molecule has 15 heavy (non-hydrogen) atoms. The van der Waals surface area contributed by atoms with E-state index in [-0.39, 0.29) is 5.22 Å². The molecule has 1 fully saturated rings. The maximum atomic E-state index is 6.09. The zero-order chi connectivity index (χ0) is 11.1. The Morgan fingerprint density at radius 3 is 2.20 bits per heavy atom. The van der Waals surface area contributed by atoms with Gasteiger partial charge in [0.2, 0.25) is 0 Å². The van der Waals surface area contributed by atoms with Crippen molar-refractivity contribution in [2.45, 2.75) is 50.7 Å². The van der Waals surface area contributed by atoms with Gasteiger partial charge in [0, 0.05) is 20.8 Å². The molecule has 0 saturated heterocycles. The summed E-state index contributed by atoms with van der Waals surface area (Å²) >= 11 is 0. The summed E-state index contributed by atoms with van der Waals surface area (Å²) in [5.41, 5.74) is 0. The summed E-state index contributed by atoms with van der Waals surface area (Å²) in [4.78, 5) is 0. The Kier molecular flexibility index (Phi) is 5.82. The van der Waals surface area contributed by atoms with Crippen molar-refractivity contribution in [3.63, 3.8) is 0 Å². The second kappa shape index (κ2) is 6.63. The van der Waals surface area contributed by atoms with Gasteiger partial charge in [0.1, 0.15) is 5.22 Å². The molecule has 0 aromatic carbocycles. The molecule has 0 aromatic heterocycles. The molecule has 0 atom stereocenters. The Balaban J connectivity index is 2.52. The predicted molar refractivity (Wildman–Crippen MR) is 63.2 cm³/mol. The maximum absolute atomic E-state index is 6.09. The van der Waals surface area contributed by atoms with Gasteiger partial charge >= 0.3 is 9.28 Å². The molecule has 0 radical (unpaired) electrons. The molecule has 1 saturated carbocycles. The molecule has 0 bridgehead atoms. The van der Waals surface area contributed by atoms with Crippen LogP contribution < -0.4 is 0 Å². The highest BCUT2D eigenvalue weighted by atomic mass is 28.3. The van der Waals surface area contributed by atoms with Crippen LogP contribution in [0.25, 0.3) is 0 Å². The molecular weight excluding hydrogens is 208 g/mol. The van der Waals surface area contributed by atoms with E-state index in [0.717, 1.165) is 25.9 Å². The first-order chi connectivity index (χ1) is 7.29. The van der Waals surface area contributed by atoms with Crippen LogP contribution in [0.2, 0.25) is 0 Å². The summed E-state index contributed by atoms with van der Waals surface area (Å²) in [5.74, 6) is 0. The number of hydrogen-bond acceptors (Lipinski definition) is 3. The first-order valence-corrected chi connectivity index (χ1v) is 7.50. The molecule has 0 heterocycles. The van der Waals surface area contributed by atoms with E-state index in [4.69, 9.17) is 13.6 Å². The molecule has 3 nitrogen and oxygen atoms in total. The largest absolute Gasteiger partial charge is 0.398 e. The van der Waals surface area contributed by atoms with Crippen molar-refractivity contribution in [3.05, 3.63) is 0 Å². The molecule has 0 unspecified atom stereocenters. The SMILES string of the molecule is CCCCOC1([SiH](OC)OC)CCCC1. The average molecular weight is 232 g/mol. The quantitative estimate of drug-likeness (QED) is 0.497. The fraction of sp³-hybridized carbons (Fsp3) is 1.00. The van der Waals surface area contributed by atoms with E-state index in [9.17, 15) is 0 Å². The number of hydrogen-bond donors (Lipinski definition) is 0. The lowest BCUT2D eigenvalue weighted by molar-refractivity contribution is -0.0117. The molecule has 0 aliphatic heterocycles. The third kappa shape index (κ3) is 3.28. The van der Waals surface area contributed by atoms with Gasteiger partial charge in [-0.15, -0.1) is 0 Å². The Morgan fingerprint density at radius 2 is 1.73 bits per heavy atom. The zero-order valence-electron chi connectivity index (χ0n) is 10.3. The maximum Gasteiger partial charge on any atom is 0.354 e. The molecule has 0 N–H and O–H groups in total. The van der Waals surface area contributed by atoms with Crippen LogP contribution in [0.15, 0.2) is 0 Å². The lowest BCUT2D eigenvalue weighted by Crippen LogP contribution is -2.49. The topological polar surface area (TPSA) is 27.7 Å². The van der Waals surface area contributed by atoms with Gasteiger partial charge in [0.15, 0.2) is 0 Å². The highest BCUT2D eigenvalue weighted by molar-refractivity contribution is 6.48. The van der Waals surface area contributed by atoms with Crippen LogP contribution in [-0.2, 0) is 13.6 Å². The van der Waals surface area contributed by atoms with E-state index < -0.39 is 9.28 Å². The smallest absolute Gasteiger partial charge is 0.354 e. The molecule has 1 aliphatic rings. The standard InChI is InChI=1S/C11H24O3Si/c1-4-5-10-14-11(8-6-7-9-11)15(12-2)13-3/h15H,4-10H2,1-3H3. The first-order valence-electron chi connectivity index (χ1n) is 5.98. The Morgan fingerprint density at radius 1 is 1.13 bits per heavy atom. The summed E-state index contributed by atoms with van der Waals surface area (Å²) in [5, 5.41) is -0.0430. The molecule has 4 heteroatoms. The van der Waals surface area contributed by atoms with Gasteiger partial charge < -0.3 is 13.6 Å². The minimum absolute atomic E-state index is 0.0430. The molecular formula is C11H24O3Si. The first kappa shape index (κ1) is 13.2. The van der Waals surface area contributed by atoms with Gasteiger partial charge in [0.25, 0.3) is 0 Å². The normalized spacial score (nSPS) is 20.0. The van der Waals surface area contributed by atoms with Gasteiger partial charge in [-0.2, -0.15) is 0 Å². The van der Waals surface area contributed by atoms with Crippen molar-refractivity contribution < 1.29 is 13.6 Å². The van der Waals surface area contributed by atoms with Gasteiger partial charge in [0.05, 0.1) is 0 Å². The second-order valence-corrected chi connectivity index (χ2v) is 6.94. The highest BCUT2D eigenvalue weighted by Crippen LogP contribution is 2.36. The van der Waals surface area contributed by atoms with E-state index in [0.29, 0.717) is 0 Å². The van der Waals surface area contributed by atoms with Crippen LogP contribution in [0, 0.1) is 0 Å². The molecule has 0 aromatic rings. The second-order valence-electron chi connectivity index (χ2n) is 4.28. The van der Waals surface area contributed by atoms with Gasteiger partial charge in [-0.3, -0.25) is 0 Å². The zero-order valence-corrected chi connectivity index (χ0v) is 11.4. The fourth-order valence-corrected chi connectivity index (χ4v) is 4.55. The Hall–Kier alpha value is 0.0969. The predicted octanol–water partition coefficient (Wildman–Crippen LogP) is 2.17. The number of unbranched alkanes of at least 4 members (excludes halogenated alkanes) is 1.